The van der Waals surface area contributed by atoms with Gasteiger partial charge in [0.25, 0.3) is 0 Å². The van der Waals surface area contributed by atoms with Crippen LogP contribution < -0.4 is 10.6 Å². The molecule has 1 aliphatic heterocycles. The van der Waals surface area contributed by atoms with Crippen molar-refractivity contribution in [2.24, 2.45) is 5.92 Å². The Labute approximate surface area is 161 Å². The molecule has 1 aromatic carbocycles. The largest absolute Gasteiger partial charge is 0.394 e. The van der Waals surface area contributed by atoms with Crippen LogP contribution in [0.15, 0.2) is 29.2 Å². The summed E-state index contributed by atoms with van der Waals surface area (Å²) >= 11 is 0. The first-order valence-corrected chi connectivity index (χ1v) is 11.3. The summed E-state index contributed by atoms with van der Waals surface area (Å²) in [6, 6.07) is 4.60. The standard InChI is InChI=1S/C19H30N2O5S/c1-3-4-13-9-10-20-16(11-13)19(24)21-17(12-22)18(23)14-5-7-15(8-6-14)27(2,25)26/h5-8,13,16-18,20,22-23H,3-4,9-12H2,1-2H3,(H,21,24)/t13-,16+,17+,18+/m1/s1. The van der Waals surface area contributed by atoms with E-state index >= 15 is 0 Å². The second-order valence-corrected chi connectivity index (χ2v) is 9.29. The molecule has 0 saturated carbocycles. The van der Waals surface area contributed by atoms with Gasteiger partial charge in [-0.2, -0.15) is 0 Å². The molecular weight excluding hydrogens is 368 g/mol. The van der Waals surface area contributed by atoms with E-state index in [1.54, 1.807) is 0 Å². The van der Waals surface area contributed by atoms with Gasteiger partial charge in [-0.15, -0.1) is 0 Å². The predicted octanol–water partition coefficient (Wildman–Crippen LogP) is 0.769. The average Bonchev–Trinajstić information content (AvgIpc) is 2.65. The number of aliphatic hydroxyl groups excluding tert-OH is 2. The van der Waals surface area contributed by atoms with E-state index in [9.17, 15) is 23.4 Å². The quantitative estimate of drug-likeness (QED) is 0.514. The number of sulfone groups is 1. The predicted molar refractivity (Wildman–Crippen MR) is 103 cm³/mol. The van der Waals surface area contributed by atoms with Gasteiger partial charge >= 0.3 is 0 Å². The number of piperidine rings is 1. The highest BCUT2D eigenvalue weighted by molar-refractivity contribution is 7.90. The van der Waals surface area contributed by atoms with E-state index in [2.05, 4.69) is 17.6 Å². The van der Waals surface area contributed by atoms with Crippen molar-refractivity contribution in [1.29, 1.82) is 0 Å². The van der Waals surface area contributed by atoms with E-state index in [-0.39, 0.29) is 16.8 Å². The molecule has 152 valence electrons. The second-order valence-electron chi connectivity index (χ2n) is 7.27. The van der Waals surface area contributed by atoms with Gasteiger partial charge in [-0.3, -0.25) is 4.79 Å². The third-order valence-electron chi connectivity index (χ3n) is 5.08. The number of hydrogen-bond donors (Lipinski definition) is 4. The minimum Gasteiger partial charge on any atom is -0.394 e. The maximum Gasteiger partial charge on any atom is 0.237 e. The molecular formula is C19H30N2O5S. The zero-order chi connectivity index (χ0) is 20.0. The molecule has 0 aromatic heterocycles. The lowest BCUT2D eigenvalue weighted by Gasteiger charge is -2.31. The number of hydrogen-bond acceptors (Lipinski definition) is 6. The van der Waals surface area contributed by atoms with Crippen molar-refractivity contribution in [3.63, 3.8) is 0 Å². The Bertz CT molecular complexity index is 718. The highest BCUT2D eigenvalue weighted by Gasteiger charge is 2.30. The molecule has 2 rings (SSSR count). The fourth-order valence-corrected chi connectivity index (χ4v) is 4.15. The first kappa shape index (κ1) is 21.8. The minimum atomic E-state index is -3.32. The molecule has 0 bridgehead atoms. The lowest BCUT2D eigenvalue weighted by atomic mass is 9.88. The van der Waals surface area contributed by atoms with Crippen molar-refractivity contribution in [2.75, 3.05) is 19.4 Å². The molecule has 1 amide bonds. The fraction of sp³-hybridized carbons (Fsp3) is 0.632. The highest BCUT2D eigenvalue weighted by atomic mass is 32.2. The maximum atomic E-state index is 12.6. The zero-order valence-electron chi connectivity index (χ0n) is 15.9. The van der Waals surface area contributed by atoms with Gasteiger partial charge in [0.2, 0.25) is 5.91 Å². The van der Waals surface area contributed by atoms with E-state index in [1.165, 1.54) is 24.3 Å². The average molecular weight is 399 g/mol. The van der Waals surface area contributed by atoms with Crippen LogP contribution in [0.1, 0.15) is 44.3 Å². The minimum absolute atomic E-state index is 0.149. The molecule has 0 radical (unpaired) electrons. The Hall–Kier alpha value is -1.48. The smallest absolute Gasteiger partial charge is 0.237 e. The summed E-state index contributed by atoms with van der Waals surface area (Å²) in [6.07, 6.45) is 3.94. The van der Waals surface area contributed by atoms with Gasteiger partial charge in [0, 0.05) is 6.26 Å². The van der Waals surface area contributed by atoms with Crippen LogP contribution in [0.5, 0.6) is 0 Å². The first-order valence-electron chi connectivity index (χ1n) is 9.39. The van der Waals surface area contributed by atoms with Gasteiger partial charge in [0.1, 0.15) is 6.10 Å². The molecule has 27 heavy (non-hydrogen) atoms. The first-order chi connectivity index (χ1) is 12.8. The van der Waals surface area contributed by atoms with Crippen LogP contribution in [0.25, 0.3) is 0 Å². The lowest BCUT2D eigenvalue weighted by molar-refractivity contribution is -0.126. The van der Waals surface area contributed by atoms with Crippen LogP contribution in [0.2, 0.25) is 0 Å². The molecule has 4 atom stereocenters. The van der Waals surface area contributed by atoms with Crippen LogP contribution >= 0.6 is 0 Å². The zero-order valence-corrected chi connectivity index (χ0v) is 16.7. The summed E-state index contributed by atoms with van der Waals surface area (Å²) in [7, 11) is -3.32. The van der Waals surface area contributed by atoms with Crippen molar-refractivity contribution in [3.8, 4) is 0 Å². The number of carbonyl (C=O) groups is 1. The number of carbonyl (C=O) groups excluding carboxylic acids is 1. The number of aliphatic hydroxyl groups is 2. The third-order valence-corrected chi connectivity index (χ3v) is 6.21. The summed E-state index contributed by atoms with van der Waals surface area (Å²) in [6.45, 7) is 2.48. The van der Waals surface area contributed by atoms with Crippen LogP contribution in [0, 0.1) is 5.92 Å². The Kier molecular flexibility index (Phi) is 7.79. The highest BCUT2D eigenvalue weighted by Crippen LogP contribution is 2.23. The van der Waals surface area contributed by atoms with Crippen molar-refractivity contribution in [3.05, 3.63) is 29.8 Å². The molecule has 0 spiro atoms. The summed E-state index contributed by atoms with van der Waals surface area (Å²) in [5.41, 5.74) is 0.433. The third kappa shape index (κ3) is 6.00. The van der Waals surface area contributed by atoms with Crippen molar-refractivity contribution in [2.45, 2.75) is 55.7 Å². The van der Waals surface area contributed by atoms with Gasteiger partial charge in [0.05, 0.1) is 23.6 Å². The van der Waals surface area contributed by atoms with Crippen molar-refractivity contribution < 1.29 is 23.4 Å². The van der Waals surface area contributed by atoms with Crippen LogP contribution in [-0.4, -0.2) is 56.0 Å². The normalized spacial score (nSPS) is 22.8. The Morgan fingerprint density at radius 3 is 2.56 bits per heavy atom. The van der Waals surface area contributed by atoms with Gasteiger partial charge in [-0.25, -0.2) is 8.42 Å². The molecule has 0 aliphatic carbocycles. The van der Waals surface area contributed by atoms with Crippen LogP contribution in [0.4, 0.5) is 0 Å². The van der Waals surface area contributed by atoms with Gasteiger partial charge in [-0.1, -0.05) is 31.9 Å². The summed E-state index contributed by atoms with van der Waals surface area (Å²) in [5, 5.41) is 26.1. The lowest BCUT2D eigenvalue weighted by Crippen LogP contribution is -2.53. The number of rotatable bonds is 8. The van der Waals surface area contributed by atoms with E-state index in [0.717, 1.165) is 38.5 Å². The second kappa shape index (κ2) is 9.64. The summed E-state index contributed by atoms with van der Waals surface area (Å²) in [5.74, 6) is 0.273. The molecule has 4 N–H and O–H groups in total. The van der Waals surface area contributed by atoms with E-state index in [4.69, 9.17) is 0 Å². The topological polar surface area (TPSA) is 116 Å². The van der Waals surface area contributed by atoms with Gasteiger partial charge < -0.3 is 20.8 Å². The van der Waals surface area contributed by atoms with E-state index in [1.807, 2.05) is 0 Å². The molecule has 1 heterocycles. The van der Waals surface area contributed by atoms with Crippen LogP contribution in [0.3, 0.4) is 0 Å². The molecule has 7 nitrogen and oxygen atoms in total. The molecule has 1 aliphatic rings. The van der Waals surface area contributed by atoms with Crippen LogP contribution in [-0.2, 0) is 14.6 Å². The van der Waals surface area contributed by atoms with Crippen molar-refractivity contribution in [1.82, 2.24) is 10.6 Å². The molecule has 1 fully saturated rings. The number of amides is 1. The fourth-order valence-electron chi connectivity index (χ4n) is 3.52. The summed E-state index contributed by atoms with van der Waals surface area (Å²) < 4.78 is 23.1. The molecule has 8 heteroatoms. The molecule has 1 aromatic rings. The van der Waals surface area contributed by atoms with E-state index < -0.39 is 28.6 Å². The van der Waals surface area contributed by atoms with Crippen molar-refractivity contribution >= 4 is 15.7 Å². The van der Waals surface area contributed by atoms with E-state index in [0.29, 0.717) is 11.5 Å². The number of benzene rings is 1. The Morgan fingerprint density at radius 2 is 2.00 bits per heavy atom. The molecule has 1 saturated heterocycles. The monoisotopic (exact) mass is 398 g/mol. The maximum absolute atomic E-state index is 12.6. The SMILES string of the molecule is CCC[C@@H]1CCN[C@H](C(=O)N[C@@H](CO)[C@@H](O)c2ccc(S(C)(=O)=O)cc2)C1. The number of nitrogens with one attached hydrogen (secondary N) is 2. The Morgan fingerprint density at radius 1 is 1.33 bits per heavy atom. The Balaban J connectivity index is 2.02. The van der Waals surface area contributed by atoms with Gasteiger partial charge in [-0.05, 0) is 43.0 Å². The van der Waals surface area contributed by atoms with Gasteiger partial charge in [0.15, 0.2) is 9.84 Å². The summed E-state index contributed by atoms with van der Waals surface area (Å²) in [4.78, 5) is 12.7. The molecule has 0 unspecified atom stereocenters.